The molecule has 0 radical (unpaired) electrons. The molecule has 49 heavy (non-hydrogen) atoms. The largest absolute Gasteiger partial charge is 1.00 e. The average molecular weight is 768 g/mol. The van der Waals surface area contributed by atoms with Crippen LogP contribution in [0.1, 0.15) is 117 Å². The quantitative estimate of drug-likeness (QED) is 0.197. The van der Waals surface area contributed by atoms with Gasteiger partial charge in [0, 0.05) is 0 Å². The van der Waals surface area contributed by atoms with Gasteiger partial charge in [-0.2, -0.15) is 0 Å². The molecule has 0 nitrogen and oxygen atoms in total. The number of aryl methyl sites for hydroxylation is 2. The van der Waals surface area contributed by atoms with Crippen LogP contribution in [0.5, 0.6) is 0 Å². The van der Waals surface area contributed by atoms with Crippen molar-refractivity contribution in [3.8, 4) is 33.4 Å². The van der Waals surface area contributed by atoms with Crippen molar-refractivity contribution in [1.82, 2.24) is 0 Å². The second kappa shape index (κ2) is 14.8. The van der Waals surface area contributed by atoms with Gasteiger partial charge in [-0.3, -0.25) is 0 Å². The number of allylic oxidation sites excluding steroid dienone is 4. The summed E-state index contributed by atoms with van der Waals surface area (Å²) in [5, 5.41) is 0. The molecular formula is C46H53Cl2Zr. The van der Waals surface area contributed by atoms with Crippen LogP contribution >= 0.6 is 0 Å². The van der Waals surface area contributed by atoms with Crippen LogP contribution in [-0.2, 0) is 32.6 Å². The van der Waals surface area contributed by atoms with Gasteiger partial charge < -0.3 is 24.8 Å². The molecule has 0 spiro atoms. The summed E-state index contributed by atoms with van der Waals surface area (Å²) in [5.41, 5.74) is 17.8. The molecule has 255 valence electrons. The molecule has 0 saturated heterocycles. The van der Waals surface area contributed by atoms with Crippen LogP contribution in [0, 0.1) is 13.8 Å². The fourth-order valence-electron chi connectivity index (χ4n) is 8.87. The molecule has 3 aliphatic rings. The maximum absolute atomic E-state index is 2.71. The maximum Gasteiger partial charge on any atom is -1.00 e. The van der Waals surface area contributed by atoms with Gasteiger partial charge >= 0.3 is 295 Å². The third kappa shape index (κ3) is 7.17. The van der Waals surface area contributed by atoms with Crippen LogP contribution in [0.15, 0.2) is 94.3 Å². The molecule has 0 atom stereocenters. The second-order valence-corrected chi connectivity index (χ2v) is 23.9. The van der Waals surface area contributed by atoms with E-state index in [1.54, 1.807) is 11.1 Å². The Kier molecular flexibility index (Phi) is 11.5. The minimum Gasteiger partial charge on any atom is -1.00 e. The van der Waals surface area contributed by atoms with Crippen LogP contribution in [-0.4, -0.2) is 0 Å². The van der Waals surface area contributed by atoms with Gasteiger partial charge in [-0.1, -0.05) is 0 Å². The Morgan fingerprint density at radius 2 is 1.04 bits per heavy atom. The van der Waals surface area contributed by atoms with Gasteiger partial charge in [-0.25, -0.2) is 0 Å². The number of rotatable bonds is 5. The molecule has 4 aromatic carbocycles. The van der Waals surface area contributed by atoms with Crippen molar-refractivity contribution in [3.63, 3.8) is 0 Å². The first-order valence-electron chi connectivity index (χ1n) is 18.2. The Hall–Kier alpha value is -2.18. The minimum atomic E-state index is -2.29. The van der Waals surface area contributed by atoms with Crippen molar-refractivity contribution in [2.75, 3.05) is 0 Å². The van der Waals surface area contributed by atoms with E-state index in [1.165, 1.54) is 94.2 Å². The molecule has 0 unspecified atom stereocenters. The first-order valence-corrected chi connectivity index (χ1v) is 22.2. The van der Waals surface area contributed by atoms with Crippen molar-refractivity contribution in [3.05, 3.63) is 128 Å². The van der Waals surface area contributed by atoms with E-state index < -0.39 is 21.8 Å². The summed E-state index contributed by atoms with van der Waals surface area (Å²) in [6, 6.07) is 28.9. The maximum atomic E-state index is 2.71. The smallest absolute Gasteiger partial charge is 1.00 e. The van der Waals surface area contributed by atoms with E-state index in [2.05, 4.69) is 146 Å². The summed E-state index contributed by atoms with van der Waals surface area (Å²) in [6.07, 6.45) is 15.7. The van der Waals surface area contributed by atoms with Crippen LogP contribution in [0.25, 0.3) is 33.4 Å². The molecule has 0 aromatic heterocycles. The Morgan fingerprint density at radius 1 is 0.571 bits per heavy atom. The number of hydrogen-bond donors (Lipinski definition) is 0. The van der Waals surface area contributed by atoms with E-state index in [4.69, 9.17) is 0 Å². The molecule has 0 amide bonds. The fourth-order valence-corrected chi connectivity index (χ4v) is 19.2. The number of fused-ring (bicyclic) bond motifs is 3. The van der Waals surface area contributed by atoms with E-state index in [-0.39, 0.29) is 35.6 Å². The van der Waals surface area contributed by atoms with Gasteiger partial charge in [-0.15, -0.1) is 0 Å². The number of hydrogen-bond acceptors (Lipinski definition) is 0. The zero-order valence-electron chi connectivity index (χ0n) is 30.8. The minimum absolute atomic E-state index is 0. The molecule has 0 N–H and O–H groups in total. The monoisotopic (exact) mass is 765 g/mol. The third-order valence-corrected chi connectivity index (χ3v) is 20.6. The molecule has 4 aromatic rings. The Bertz CT molecular complexity index is 1780. The fraction of sp³-hybridized carbons (Fsp3) is 0.391. The van der Waals surface area contributed by atoms with Gasteiger partial charge in [0.15, 0.2) is 0 Å². The molecule has 3 heteroatoms. The Balaban J connectivity index is 0.00000234. The van der Waals surface area contributed by atoms with Crippen LogP contribution in [0.3, 0.4) is 0 Å². The average Bonchev–Trinajstić information content (AvgIpc) is 3.67. The van der Waals surface area contributed by atoms with Crippen LogP contribution in [0.2, 0.25) is 3.63 Å². The zero-order valence-corrected chi connectivity index (χ0v) is 34.8. The predicted octanol–water partition coefficient (Wildman–Crippen LogP) is 7.52. The van der Waals surface area contributed by atoms with Crippen LogP contribution < -0.4 is 24.8 Å². The topological polar surface area (TPSA) is 0 Å². The molecule has 0 bridgehead atoms. The molecule has 3 aliphatic carbocycles. The first-order chi connectivity index (χ1) is 22.4. The number of benzene rings is 4. The van der Waals surface area contributed by atoms with Gasteiger partial charge in [0.25, 0.3) is 0 Å². The predicted molar refractivity (Wildman–Crippen MR) is 200 cm³/mol. The summed E-state index contributed by atoms with van der Waals surface area (Å²) in [6.45, 7) is 19.0. The van der Waals surface area contributed by atoms with Gasteiger partial charge in [0.1, 0.15) is 0 Å². The summed E-state index contributed by atoms with van der Waals surface area (Å²) in [4.78, 5) is 0. The molecule has 1 fully saturated rings. The van der Waals surface area contributed by atoms with E-state index in [1.807, 2.05) is 3.28 Å². The molecule has 1 saturated carbocycles. The van der Waals surface area contributed by atoms with Crippen LogP contribution in [0.4, 0.5) is 0 Å². The molecular weight excluding hydrogens is 715 g/mol. The van der Waals surface area contributed by atoms with Crippen molar-refractivity contribution in [2.24, 2.45) is 0 Å². The number of halogens is 2. The van der Waals surface area contributed by atoms with Crippen molar-refractivity contribution in [2.45, 2.75) is 112 Å². The molecule has 7 rings (SSSR count). The SMILES string of the molecule is Cc1ccccc1-c1cc2c(cc1C(C)(C)C)-c1cc(C(C)(C)C)c(-c3ccccc3C)cc1[CH]2[Zr+2]([C]1=CC=CC1)[CH]1CCCCC1.[Cl-].[Cl-]. The Labute approximate surface area is 317 Å². The summed E-state index contributed by atoms with van der Waals surface area (Å²) >= 11 is -2.29. The summed E-state index contributed by atoms with van der Waals surface area (Å²) < 4.78 is 3.30. The summed E-state index contributed by atoms with van der Waals surface area (Å²) in [5.74, 6) is 0. The van der Waals surface area contributed by atoms with Gasteiger partial charge in [0.2, 0.25) is 0 Å². The van der Waals surface area contributed by atoms with Crippen molar-refractivity contribution < 1.29 is 46.6 Å². The summed E-state index contributed by atoms with van der Waals surface area (Å²) in [7, 11) is 0. The van der Waals surface area contributed by atoms with Crippen molar-refractivity contribution in [1.29, 1.82) is 0 Å². The standard InChI is InChI=1S/C35H37.C6H11.C5H5.2ClH.Zr/c1-22-13-9-11-15-26(22)30-18-24-17-25-19-31(27-16-12-10-14-23(27)2)33(35(6,7)8)21-29(25)28(24)20-32(30)34(3,4)5;1-2-4-6-5-3-1;1-2-4-5-3-1;;;/h9-21H,1-8H3;1H,2-6H2;1-3H,4H2;2*1H;/q;;;;;+2/p-2. The van der Waals surface area contributed by atoms with Gasteiger partial charge in [-0.05, 0) is 0 Å². The normalized spacial score (nSPS) is 16.0. The molecule has 0 heterocycles. The first kappa shape index (κ1) is 38.1. The second-order valence-electron chi connectivity index (χ2n) is 16.6. The van der Waals surface area contributed by atoms with Crippen molar-refractivity contribution >= 4 is 0 Å². The zero-order chi connectivity index (χ0) is 33.1. The van der Waals surface area contributed by atoms with E-state index >= 15 is 0 Å². The Morgan fingerprint density at radius 3 is 1.45 bits per heavy atom. The van der Waals surface area contributed by atoms with E-state index in [0.29, 0.717) is 3.63 Å². The van der Waals surface area contributed by atoms with E-state index in [0.717, 1.165) is 3.63 Å². The van der Waals surface area contributed by atoms with E-state index in [9.17, 15) is 0 Å². The third-order valence-electron chi connectivity index (χ3n) is 11.3. The van der Waals surface area contributed by atoms with Gasteiger partial charge in [0.05, 0.1) is 0 Å². The molecule has 0 aliphatic heterocycles.